The molecule has 0 saturated heterocycles. The second-order valence-corrected chi connectivity index (χ2v) is 4.89. The monoisotopic (exact) mass is 286 g/mol. The van der Waals surface area contributed by atoms with E-state index >= 15 is 0 Å². The predicted molar refractivity (Wildman–Crippen MR) is 76.7 cm³/mol. The van der Waals surface area contributed by atoms with E-state index in [0.717, 1.165) is 5.56 Å². The van der Waals surface area contributed by atoms with Crippen LogP contribution >= 0.6 is 0 Å². The average Bonchev–Trinajstić information content (AvgIpc) is 2.68. The van der Waals surface area contributed by atoms with Crippen molar-refractivity contribution in [2.24, 2.45) is 5.73 Å². The zero-order chi connectivity index (χ0) is 14.8. The third kappa shape index (κ3) is 2.73. The molecule has 1 aliphatic heterocycles. The van der Waals surface area contributed by atoms with Crippen molar-refractivity contribution in [2.45, 2.75) is 6.04 Å². The van der Waals surface area contributed by atoms with E-state index < -0.39 is 6.04 Å². The van der Waals surface area contributed by atoms with E-state index in [2.05, 4.69) is 5.32 Å². The lowest BCUT2D eigenvalue weighted by atomic mass is 9.97. The number of halogens is 1. The highest BCUT2D eigenvalue weighted by Crippen LogP contribution is 2.27. The highest BCUT2D eigenvalue weighted by molar-refractivity contribution is 5.97. The lowest BCUT2D eigenvalue weighted by Gasteiger charge is -2.15. The van der Waals surface area contributed by atoms with Crippen LogP contribution in [0, 0.1) is 5.82 Å². The van der Waals surface area contributed by atoms with E-state index in [1.54, 1.807) is 30.3 Å². The van der Waals surface area contributed by atoms with Gasteiger partial charge in [-0.1, -0.05) is 18.2 Å². The van der Waals surface area contributed by atoms with Gasteiger partial charge in [0.05, 0.1) is 18.2 Å². The van der Waals surface area contributed by atoms with E-state index in [0.29, 0.717) is 30.0 Å². The largest absolute Gasteiger partial charge is 0.491 e. The van der Waals surface area contributed by atoms with Crippen molar-refractivity contribution in [3.05, 3.63) is 65.0 Å². The predicted octanol–water partition coefficient (Wildman–Crippen LogP) is 2.00. The third-order valence-electron chi connectivity index (χ3n) is 3.46. The summed E-state index contributed by atoms with van der Waals surface area (Å²) in [5.41, 5.74) is 8.01. The van der Waals surface area contributed by atoms with Gasteiger partial charge in [0.2, 0.25) is 0 Å². The van der Waals surface area contributed by atoms with Crippen molar-refractivity contribution in [1.82, 2.24) is 5.32 Å². The zero-order valence-corrected chi connectivity index (χ0v) is 11.3. The molecule has 1 aliphatic rings. The van der Waals surface area contributed by atoms with Gasteiger partial charge in [0.25, 0.3) is 5.91 Å². The van der Waals surface area contributed by atoms with Crippen LogP contribution in [0.2, 0.25) is 0 Å². The van der Waals surface area contributed by atoms with E-state index in [1.165, 1.54) is 12.1 Å². The molecule has 4 nitrogen and oxygen atoms in total. The molecule has 0 aliphatic carbocycles. The smallest absolute Gasteiger partial charge is 0.255 e. The number of nitrogens with one attached hydrogen (secondary N) is 1. The van der Waals surface area contributed by atoms with Gasteiger partial charge in [-0.25, -0.2) is 4.39 Å². The van der Waals surface area contributed by atoms with Crippen molar-refractivity contribution < 1.29 is 13.9 Å². The number of carbonyl (C=O) groups excluding carboxylic acids is 1. The Kier molecular flexibility index (Phi) is 3.58. The molecular formula is C16H15FN2O2. The van der Waals surface area contributed by atoms with E-state index in [9.17, 15) is 9.18 Å². The first kappa shape index (κ1) is 13.6. The molecule has 0 fully saturated rings. The van der Waals surface area contributed by atoms with E-state index in [4.69, 9.17) is 10.5 Å². The number of ether oxygens (including phenoxy) is 1. The summed E-state index contributed by atoms with van der Waals surface area (Å²) in [7, 11) is 0. The summed E-state index contributed by atoms with van der Waals surface area (Å²) < 4.78 is 18.8. The highest BCUT2D eigenvalue weighted by Gasteiger charge is 2.19. The SMILES string of the molecule is NC(c1cccc(F)c1)c1ccc2c(c1)C(=O)NCCO2. The topological polar surface area (TPSA) is 64.4 Å². The van der Waals surface area contributed by atoms with E-state index in [1.807, 2.05) is 0 Å². The minimum atomic E-state index is -0.498. The fourth-order valence-corrected chi connectivity index (χ4v) is 2.36. The first-order valence-electron chi connectivity index (χ1n) is 6.71. The Bertz CT molecular complexity index is 688. The van der Waals surface area contributed by atoms with Gasteiger partial charge < -0.3 is 15.8 Å². The second-order valence-electron chi connectivity index (χ2n) is 4.89. The van der Waals surface area contributed by atoms with Crippen LogP contribution in [0.25, 0.3) is 0 Å². The Morgan fingerprint density at radius 1 is 1.19 bits per heavy atom. The summed E-state index contributed by atoms with van der Waals surface area (Å²) in [5, 5.41) is 2.75. The van der Waals surface area contributed by atoms with Crippen LogP contribution in [-0.2, 0) is 0 Å². The quantitative estimate of drug-likeness (QED) is 0.887. The van der Waals surface area contributed by atoms with Crippen LogP contribution in [0.3, 0.4) is 0 Å². The van der Waals surface area contributed by atoms with Crippen LogP contribution in [0.4, 0.5) is 4.39 Å². The number of hydrogen-bond donors (Lipinski definition) is 2. The molecule has 3 rings (SSSR count). The Morgan fingerprint density at radius 3 is 2.81 bits per heavy atom. The molecule has 1 unspecified atom stereocenters. The van der Waals surface area contributed by atoms with Gasteiger partial charge in [0.1, 0.15) is 18.2 Å². The summed E-state index contributed by atoms with van der Waals surface area (Å²) in [6, 6.07) is 10.9. The number of fused-ring (bicyclic) bond motifs is 1. The Balaban J connectivity index is 1.98. The van der Waals surface area contributed by atoms with Crippen molar-refractivity contribution in [1.29, 1.82) is 0 Å². The number of carbonyl (C=O) groups is 1. The normalized spacial score (nSPS) is 15.4. The Hall–Kier alpha value is -2.40. The van der Waals surface area contributed by atoms with Gasteiger partial charge >= 0.3 is 0 Å². The van der Waals surface area contributed by atoms with Gasteiger partial charge in [0.15, 0.2) is 0 Å². The number of hydrogen-bond acceptors (Lipinski definition) is 3. The maximum atomic E-state index is 13.3. The van der Waals surface area contributed by atoms with E-state index in [-0.39, 0.29) is 11.7 Å². The summed E-state index contributed by atoms with van der Waals surface area (Å²) in [6.07, 6.45) is 0. The molecule has 5 heteroatoms. The summed E-state index contributed by atoms with van der Waals surface area (Å²) in [4.78, 5) is 12.0. The number of rotatable bonds is 2. The third-order valence-corrected chi connectivity index (χ3v) is 3.46. The molecule has 2 aromatic carbocycles. The lowest BCUT2D eigenvalue weighted by molar-refractivity contribution is 0.0957. The van der Waals surface area contributed by atoms with Gasteiger partial charge in [-0.2, -0.15) is 0 Å². The lowest BCUT2D eigenvalue weighted by Crippen LogP contribution is -2.24. The van der Waals surface area contributed by atoms with Gasteiger partial charge in [-0.3, -0.25) is 4.79 Å². The zero-order valence-electron chi connectivity index (χ0n) is 11.3. The molecule has 3 N–H and O–H groups in total. The molecule has 0 aromatic heterocycles. The summed E-state index contributed by atoms with van der Waals surface area (Å²) >= 11 is 0. The van der Waals surface area contributed by atoms with Crippen LogP contribution in [0.15, 0.2) is 42.5 Å². The van der Waals surface area contributed by atoms with Crippen LogP contribution in [-0.4, -0.2) is 19.1 Å². The standard InChI is InChI=1S/C16H15FN2O2/c17-12-3-1-2-10(8-12)15(18)11-4-5-14-13(9-11)16(20)19-6-7-21-14/h1-5,8-9,15H,6-7,18H2,(H,19,20). The molecule has 0 spiro atoms. The molecular weight excluding hydrogens is 271 g/mol. The molecule has 0 radical (unpaired) electrons. The fourth-order valence-electron chi connectivity index (χ4n) is 2.36. The maximum Gasteiger partial charge on any atom is 0.255 e. The molecule has 108 valence electrons. The van der Waals surface area contributed by atoms with Gasteiger partial charge in [-0.05, 0) is 35.4 Å². The molecule has 2 aromatic rings. The second kappa shape index (κ2) is 5.54. The Morgan fingerprint density at radius 2 is 2.00 bits per heavy atom. The van der Waals surface area contributed by atoms with Crippen LogP contribution in [0.1, 0.15) is 27.5 Å². The first-order valence-corrected chi connectivity index (χ1v) is 6.71. The minimum Gasteiger partial charge on any atom is -0.491 e. The molecule has 1 heterocycles. The van der Waals surface area contributed by atoms with Crippen molar-refractivity contribution in [3.63, 3.8) is 0 Å². The Labute approximate surface area is 121 Å². The van der Waals surface area contributed by atoms with Crippen LogP contribution < -0.4 is 15.8 Å². The molecule has 0 saturated carbocycles. The summed E-state index contributed by atoms with van der Waals surface area (Å²) in [5.74, 6) is 0.0229. The number of amides is 1. The van der Waals surface area contributed by atoms with Gasteiger partial charge in [0, 0.05) is 0 Å². The van der Waals surface area contributed by atoms with Crippen molar-refractivity contribution in [2.75, 3.05) is 13.2 Å². The first-order chi connectivity index (χ1) is 10.1. The summed E-state index contributed by atoms with van der Waals surface area (Å²) in [6.45, 7) is 0.910. The van der Waals surface area contributed by atoms with Crippen molar-refractivity contribution in [3.8, 4) is 5.75 Å². The minimum absolute atomic E-state index is 0.184. The molecule has 21 heavy (non-hydrogen) atoms. The molecule has 1 atom stereocenters. The molecule has 1 amide bonds. The fraction of sp³-hybridized carbons (Fsp3) is 0.188. The number of benzene rings is 2. The molecule has 0 bridgehead atoms. The maximum absolute atomic E-state index is 13.3. The highest BCUT2D eigenvalue weighted by atomic mass is 19.1. The van der Waals surface area contributed by atoms with Gasteiger partial charge in [-0.15, -0.1) is 0 Å². The average molecular weight is 286 g/mol. The number of nitrogens with two attached hydrogens (primary N) is 1. The van der Waals surface area contributed by atoms with Crippen LogP contribution in [0.5, 0.6) is 5.75 Å². The van der Waals surface area contributed by atoms with Crippen molar-refractivity contribution >= 4 is 5.91 Å².